The fourth-order valence-electron chi connectivity index (χ4n) is 2.60. The molecule has 0 saturated heterocycles. The van der Waals surface area contributed by atoms with Crippen molar-refractivity contribution in [1.82, 2.24) is 3.97 Å². The van der Waals surface area contributed by atoms with Crippen molar-refractivity contribution in [1.29, 1.82) is 0 Å². The van der Waals surface area contributed by atoms with Gasteiger partial charge >= 0.3 is 0 Å². The number of hydrogen-bond donors (Lipinski definition) is 0. The maximum Gasteiger partial charge on any atom is 0.288 e. The second-order valence-corrected chi connectivity index (χ2v) is 9.55. The molecule has 1 heterocycles. The molecule has 0 radical (unpaired) electrons. The first kappa shape index (κ1) is 20.0. The molecule has 1 aromatic heterocycles. The van der Waals surface area contributed by atoms with Crippen LogP contribution in [0.5, 0.6) is 0 Å². The number of rotatable bonds is 4. The lowest BCUT2D eigenvalue weighted by atomic mass is 10.2. The number of nitro benzene ring substituents is 1. The normalized spacial score (nSPS) is 11.7. The van der Waals surface area contributed by atoms with Crippen LogP contribution in [0.25, 0.3) is 10.9 Å². The lowest BCUT2D eigenvalue weighted by molar-refractivity contribution is -0.384. The monoisotopic (exact) mass is 534 g/mol. The van der Waals surface area contributed by atoms with E-state index in [2.05, 4.69) is 31.9 Å². The lowest BCUT2D eigenvalue weighted by Gasteiger charge is -2.12. The maximum absolute atomic E-state index is 13.0. The van der Waals surface area contributed by atoms with Crippen LogP contribution in [0.1, 0.15) is 5.56 Å². The minimum Gasteiger partial charge on any atom is -0.268 e. The molecule has 27 heavy (non-hydrogen) atoms. The van der Waals surface area contributed by atoms with Gasteiger partial charge < -0.3 is 0 Å². The highest BCUT2D eigenvalue weighted by molar-refractivity contribution is 9.11. The van der Waals surface area contributed by atoms with E-state index >= 15 is 0 Å². The Morgan fingerprint density at radius 3 is 2.48 bits per heavy atom. The fourth-order valence-corrected chi connectivity index (χ4v) is 5.63. The van der Waals surface area contributed by atoms with Crippen molar-refractivity contribution in [3.63, 3.8) is 0 Å². The summed E-state index contributed by atoms with van der Waals surface area (Å²) in [5.74, 6) is -0.603. The summed E-state index contributed by atoms with van der Waals surface area (Å²) in [6.07, 6.45) is 0. The topological polar surface area (TPSA) is 99.3 Å². The van der Waals surface area contributed by atoms with Gasteiger partial charge in [-0.05, 0) is 29.8 Å². The summed E-state index contributed by atoms with van der Waals surface area (Å²) < 4.78 is 27.8. The van der Waals surface area contributed by atoms with E-state index in [0.717, 1.165) is 12.1 Å². The Morgan fingerprint density at radius 1 is 1.11 bits per heavy atom. The van der Waals surface area contributed by atoms with Gasteiger partial charge in [-0.3, -0.25) is 14.9 Å². The third-order valence-corrected chi connectivity index (χ3v) is 6.78. The quantitative estimate of drug-likeness (QED) is 0.362. The van der Waals surface area contributed by atoms with Gasteiger partial charge in [-0.25, -0.2) is 12.4 Å². The average molecular weight is 537 g/mol. The molecular weight excluding hydrogens is 528 g/mol. The molecule has 0 aliphatic heterocycles. The number of aromatic nitrogens is 1. The number of fused-ring (bicyclic) bond motifs is 1. The number of nitro groups is 1. The lowest BCUT2D eigenvalue weighted by Crippen LogP contribution is -2.28. The van der Waals surface area contributed by atoms with E-state index in [9.17, 15) is 23.3 Å². The summed E-state index contributed by atoms with van der Waals surface area (Å²) in [5.41, 5.74) is -0.799. The SMILES string of the molecule is O=c1ccc2c(Br)cc(Br)cc2n1S(=O)(=O)Cc1ccc(Cl)c([N+](=O)[O-])c1. The van der Waals surface area contributed by atoms with Crippen LogP contribution < -0.4 is 5.56 Å². The van der Waals surface area contributed by atoms with Crippen LogP contribution in [-0.4, -0.2) is 17.3 Å². The second-order valence-electron chi connectivity index (χ2n) is 5.56. The van der Waals surface area contributed by atoms with Crippen molar-refractivity contribution in [3.8, 4) is 0 Å². The first-order valence-corrected chi connectivity index (χ1v) is 10.8. The summed E-state index contributed by atoms with van der Waals surface area (Å²) in [4.78, 5) is 22.7. The summed E-state index contributed by atoms with van der Waals surface area (Å²) in [7, 11) is -4.16. The Balaban J connectivity index is 2.19. The van der Waals surface area contributed by atoms with Crippen LogP contribution in [0.2, 0.25) is 5.02 Å². The van der Waals surface area contributed by atoms with Gasteiger partial charge in [0.25, 0.3) is 11.2 Å². The van der Waals surface area contributed by atoms with Crippen LogP contribution in [0.15, 0.2) is 56.2 Å². The molecule has 3 aromatic rings. The molecule has 0 spiro atoms. The van der Waals surface area contributed by atoms with Crippen LogP contribution >= 0.6 is 43.5 Å². The standard InChI is InChI=1S/C16H9Br2ClN2O5S/c17-10-6-12(18)11-2-4-16(22)20(14(11)7-10)27(25,26)8-9-1-3-13(19)15(5-9)21(23)24/h1-7H,8H2. The summed E-state index contributed by atoms with van der Waals surface area (Å²) >= 11 is 12.4. The predicted octanol–water partition coefficient (Wildman–Crippen LogP) is 4.47. The van der Waals surface area contributed by atoms with Crippen LogP contribution in [0.4, 0.5) is 5.69 Å². The summed E-state index contributed by atoms with van der Waals surface area (Å²) in [6, 6.07) is 9.63. The molecule has 0 amide bonds. The third kappa shape index (κ3) is 3.93. The summed E-state index contributed by atoms with van der Waals surface area (Å²) in [6.45, 7) is 0. The molecule has 0 saturated carbocycles. The molecule has 0 atom stereocenters. The van der Waals surface area contributed by atoms with Gasteiger partial charge in [-0.15, -0.1) is 0 Å². The van der Waals surface area contributed by atoms with Gasteiger partial charge in [-0.1, -0.05) is 49.5 Å². The second kappa shape index (κ2) is 7.34. The Kier molecular flexibility index (Phi) is 5.44. The zero-order valence-corrected chi connectivity index (χ0v) is 18.0. The molecule has 3 rings (SSSR count). The van der Waals surface area contributed by atoms with Crippen molar-refractivity contribution >= 4 is 70.1 Å². The van der Waals surface area contributed by atoms with Crippen LogP contribution in [0, 0.1) is 10.1 Å². The Hall–Kier alpha value is -1.75. The van der Waals surface area contributed by atoms with Gasteiger partial charge in [-0.2, -0.15) is 0 Å². The fraction of sp³-hybridized carbons (Fsp3) is 0.0625. The Labute approximate surface area is 175 Å². The molecule has 0 aliphatic rings. The van der Waals surface area contributed by atoms with E-state index in [4.69, 9.17) is 11.6 Å². The summed E-state index contributed by atoms with van der Waals surface area (Å²) in [5, 5.41) is 11.4. The Bertz CT molecular complexity index is 1260. The number of benzene rings is 2. The molecule has 7 nitrogen and oxygen atoms in total. The van der Waals surface area contributed by atoms with Gasteiger partial charge in [0, 0.05) is 26.5 Å². The van der Waals surface area contributed by atoms with E-state index in [1.807, 2.05) is 0 Å². The maximum atomic E-state index is 13.0. The van der Waals surface area contributed by atoms with E-state index in [1.165, 1.54) is 24.3 Å². The molecular formula is C16H9Br2ClN2O5S. The molecule has 0 unspecified atom stereocenters. The molecule has 11 heteroatoms. The van der Waals surface area contributed by atoms with E-state index < -0.39 is 31.9 Å². The van der Waals surface area contributed by atoms with Gasteiger partial charge in [0.15, 0.2) is 0 Å². The average Bonchev–Trinajstić information content (AvgIpc) is 2.55. The molecule has 0 aliphatic carbocycles. The van der Waals surface area contributed by atoms with Crippen molar-refractivity contribution in [2.45, 2.75) is 5.75 Å². The molecule has 140 valence electrons. The highest BCUT2D eigenvalue weighted by Crippen LogP contribution is 2.29. The number of nitrogens with zero attached hydrogens (tertiary/aromatic N) is 2. The van der Waals surface area contributed by atoms with E-state index in [0.29, 0.717) is 18.3 Å². The molecule has 0 bridgehead atoms. The largest absolute Gasteiger partial charge is 0.288 e. The van der Waals surface area contributed by atoms with Gasteiger partial charge in [0.2, 0.25) is 10.0 Å². The Morgan fingerprint density at radius 2 is 1.81 bits per heavy atom. The van der Waals surface area contributed by atoms with E-state index in [-0.39, 0.29) is 16.1 Å². The molecule has 0 N–H and O–H groups in total. The van der Waals surface area contributed by atoms with Crippen LogP contribution in [0.3, 0.4) is 0 Å². The zero-order valence-electron chi connectivity index (χ0n) is 13.2. The number of pyridine rings is 1. The highest BCUT2D eigenvalue weighted by Gasteiger charge is 2.22. The van der Waals surface area contributed by atoms with Crippen molar-refractivity contribution in [2.24, 2.45) is 0 Å². The minimum atomic E-state index is -4.16. The minimum absolute atomic E-state index is 0.101. The third-order valence-electron chi connectivity index (χ3n) is 3.72. The molecule has 0 fully saturated rings. The van der Waals surface area contributed by atoms with Crippen LogP contribution in [-0.2, 0) is 15.8 Å². The predicted molar refractivity (Wildman–Crippen MR) is 110 cm³/mol. The van der Waals surface area contributed by atoms with Crippen molar-refractivity contribution < 1.29 is 13.3 Å². The van der Waals surface area contributed by atoms with Gasteiger partial charge in [0.05, 0.1) is 16.2 Å². The number of halogens is 3. The number of hydrogen-bond acceptors (Lipinski definition) is 5. The highest BCUT2D eigenvalue weighted by atomic mass is 79.9. The first-order valence-electron chi connectivity index (χ1n) is 7.27. The first-order chi connectivity index (χ1) is 12.6. The zero-order chi connectivity index (χ0) is 19.9. The van der Waals surface area contributed by atoms with Crippen molar-refractivity contribution in [3.05, 3.63) is 82.5 Å². The molecule has 2 aromatic carbocycles. The smallest absolute Gasteiger partial charge is 0.268 e. The van der Waals surface area contributed by atoms with Crippen molar-refractivity contribution in [2.75, 3.05) is 0 Å². The van der Waals surface area contributed by atoms with Gasteiger partial charge in [0.1, 0.15) is 5.02 Å². The van der Waals surface area contributed by atoms with E-state index in [1.54, 1.807) is 6.07 Å².